The second-order valence-corrected chi connectivity index (χ2v) is 10.7. The number of aryl methyl sites for hydroxylation is 1. The molecule has 1 saturated heterocycles. The van der Waals surface area contributed by atoms with Crippen LogP contribution in [-0.4, -0.2) is 50.0 Å². The van der Waals surface area contributed by atoms with Crippen LogP contribution in [0.1, 0.15) is 39.7 Å². The van der Waals surface area contributed by atoms with Crippen molar-refractivity contribution in [1.29, 1.82) is 0 Å². The van der Waals surface area contributed by atoms with Gasteiger partial charge in [-0.15, -0.1) is 0 Å². The number of fused-ring (bicyclic) bond motifs is 1. The molecule has 1 N–H and O–H groups in total. The van der Waals surface area contributed by atoms with E-state index in [1.165, 1.54) is 25.3 Å². The van der Waals surface area contributed by atoms with Gasteiger partial charge in [0.05, 0.1) is 12.0 Å². The van der Waals surface area contributed by atoms with Gasteiger partial charge in [-0.05, 0) is 51.0 Å². The second-order valence-electron chi connectivity index (χ2n) is 9.15. The summed E-state index contributed by atoms with van der Waals surface area (Å²) in [4.78, 5) is 11.5. The van der Waals surface area contributed by atoms with Gasteiger partial charge in [-0.1, -0.05) is 37.6 Å². The minimum absolute atomic E-state index is 0.0857. The Balaban J connectivity index is 1.84. The fraction of sp³-hybridized carbons (Fsp3) is 0.522. The Bertz CT molecular complexity index is 1020. The zero-order valence-corrected chi connectivity index (χ0v) is 19.5. The van der Waals surface area contributed by atoms with E-state index in [9.17, 15) is 18.3 Å². The quantitative estimate of drug-likeness (QED) is 0.234. The van der Waals surface area contributed by atoms with Crippen LogP contribution in [0, 0.1) is 12.3 Å². The van der Waals surface area contributed by atoms with Crippen LogP contribution >= 0.6 is 0 Å². The van der Waals surface area contributed by atoms with Crippen LogP contribution in [0.2, 0.25) is 0 Å². The van der Waals surface area contributed by atoms with Gasteiger partial charge in [-0.2, -0.15) is 8.42 Å². The van der Waals surface area contributed by atoms with Crippen molar-refractivity contribution in [2.24, 2.45) is 5.41 Å². The van der Waals surface area contributed by atoms with Crippen molar-refractivity contribution in [2.45, 2.75) is 69.3 Å². The Morgan fingerprint density at radius 3 is 2.42 bits per heavy atom. The molecule has 2 fully saturated rings. The second kappa shape index (κ2) is 7.85. The highest BCUT2D eigenvalue weighted by molar-refractivity contribution is 7.86. The summed E-state index contributed by atoms with van der Waals surface area (Å²) in [5.41, 5.74) is -1.64. The van der Waals surface area contributed by atoms with Crippen LogP contribution in [0.15, 0.2) is 53.0 Å². The molecule has 0 spiro atoms. The third-order valence-electron chi connectivity index (χ3n) is 6.39. The van der Waals surface area contributed by atoms with Gasteiger partial charge >= 0.3 is 5.97 Å². The van der Waals surface area contributed by atoms with Crippen molar-refractivity contribution in [3.63, 3.8) is 0 Å². The Morgan fingerprint density at radius 1 is 1.23 bits per heavy atom. The van der Waals surface area contributed by atoms with Crippen LogP contribution in [-0.2, 0) is 28.6 Å². The third kappa shape index (κ3) is 4.22. The zero-order chi connectivity index (χ0) is 23.2. The molecule has 31 heavy (non-hydrogen) atoms. The molecule has 8 heteroatoms. The first-order valence-corrected chi connectivity index (χ1v) is 11.5. The molecule has 1 aromatic rings. The number of epoxide rings is 1. The Hall–Kier alpha value is -2.00. The van der Waals surface area contributed by atoms with Gasteiger partial charge in [0.15, 0.2) is 0 Å². The molecule has 3 rings (SSSR count). The molecule has 0 aromatic heterocycles. The lowest BCUT2D eigenvalue weighted by atomic mass is 9.59. The van der Waals surface area contributed by atoms with Gasteiger partial charge in [0.2, 0.25) is 0 Å². The highest BCUT2D eigenvalue weighted by atomic mass is 32.2. The molecule has 170 valence electrons. The average Bonchev–Trinajstić information content (AvgIpc) is 3.38. The first-order valence-electron chi connectivity index (χ1n) is 10.1. The summed E-state index contributed by atoms with van der Waals surface area (Å²) < 4.78 is 41.7. The number of methoxy groups -OCH3 is 1. The minimum Gasteiger partial charge on any atom is -0.466 e. The van der Waals surface area contributed by atoms with E-state index in [-0.39, 0.29) is 11.3 Å². The molecule has 1 heterocycles. The minimum atomic E-state index is -3.98. The summed E-state index contributed by atoms with van der Waals surface area (Å²) in [6.07, 6.45) is 3.54. The number of benzene rings is 1. The van der Waals surface area contributed by atoms with E-state index in [0.29, 0.717) is 5.57 Å². The molecular weight excluding hydrogens is 420 g/mol. The van der Waals surface area contributed by atoms with Crippen LogP contribution < -0.4 is 0 Å². The molecule has 0 unspecified atom stereocenters. The topological polar surface area (TPSA) is 102 Å². The molecule has 1 aromatic carbocycles. The zero-order valence-electron chi connectivity index (χ0n) is 18.7. The number of ether oxygens (including phenoxy) is 2. The molecule has 4 atom stereocenters. The van der Waals surface area contributed by atoms with E-state index in [4.69, 9.17) is 8.92 Å². The van der Waals surface area contributed by atoms with Crippen molar-refractivity contribution < 1.29 is 32.0 Å². The number of aliphatic hydroxyl groups is 1. The molecular formula is C23H30O7S. The van der Waals surface area contributed by atoms with Crippen molar-refractivity contribution in [3.05, 3.63) is 53.6 Å². The van der Waals surface area contributed by atoms with Crippen molar-refractivity contribution in [1.82, 2.24) is 0 Å². The van der Waals surface area contributed by atoms with Crippen LogP contribution in [0.5, 0.6) is 0 Å². The Labute approximate surface area is 183 Å². The van der Waals surface area contributed by atoms with Gasteiger partial charge in [-0.3, -0.25) is 4.18 Å². The van der Waals surface area contributed by atoms with Gasteiger partial charge in [0.25, 0.3) is 10.1 Å². The number of esters is 1. The molecule has 0 radical (unpaired) electrons. The molecule has 0 bridgehead atoms. The van der Waals surface area contributed by atoms with E-state index in [2.05, 4.69) is 4.74 Å². The predicted molar refractivity (Wildman–Crippen MR) is 115 cm³/mol. The number of rotatable bonds is 6. The molecule has 1 saturated carbocycles. The van der Waals surface area contributed by atoms with Gasteiger partial charge < -0.3 is 14.6 Å². The summed E-state index contributed by atoms with van der Waals surface area (Å²) in [5.74, 6) is -0.487. The number of allylic oxidation sites excluding steroid dienone is 2. The maximum Gasteiger partial charge on any atom is 0.330 e. The summed E-state index contributed by atoms with van der Waals surface area (Å²) in [7, 11) is -2.69. The highest BCUT2D eigenvalue weighted by Gasteiger charge is 2.75. The van der Waals surface area contributed by atoms with Gasteiger partial charge in [-0.25, -0.2) is 4.79 Å². The van der Waals surface area contributed by atoms with E-state index in [1.54, 1.807) is 38.1 Å². The maximum absolute atomic E-state index is 12.8. The SMILES string of the molecule is COC(=O)/C=C(C)/C=C/[C@@]1(O)C(C)(C)C[C@@H](OS(=O)(=O)c2ccc(C)cc2)[C@H]2O[C@]21C. The molecule has 1 aliphatic heterocycles. The normalized spacial score (nSPS) is 32.5. The van der Waals surface area contributed by atoms with Crippen LogP contribution in [0.4, 0.5) is 0 Å². The molecule has 1 aliphatic carbocycles. The molecule has 0 amide bonds. The number of carbonyl (C=O) groups is 1. The smallest absolute Gasteiger partial charge is 0.330 e. The molecule has 7 nitrogen and oxygen atoms in total. The first-order chi connectivity index (χ1) is 14.3. The summed E-state index contributed by atoms with van der Waals surface area (Å²) >= 11 is 0. The van der Waals surface area contributed by atoms with Crippen LogP contribution in [0.3, 0.4) is 0 Å². The standard InChI is InChI=1S/C23H30O7S/c1-15-7-9-17(10-8-15)31(26,27)30-18-14-21(3,4)23(25,22(5)20(18)29-22)12-11-16(2)13-19(24)28-6/h7-13,18,20,25H,14H2,1-6H3/b12-11+,16-13+/t18-,20-,22-,23-/m1/s1. The Morgan fingerprint density at radius 2 is 1.84 bits per heavy atom. The first kappa shape index (κ1) is 23.7. The van der Waals surface area contributed by atoms with Crippen molar-refractivity contribution in [3.8, 4) is 0 Å². The lowest BCUT2D eigenvalue weighted by Crippen LogP contribution is -2.60. The van der Waals surface area contributed by atoms with E-state index < -0.39 is 44.9 Å². The third-order valence-corrected chi connectivity index (χ3v) is 7.74. The van der Waals surface area contributed by atoms with E-state index >= 15 is 0 Å². The summed E-state index contributed by atoms with van der Waals surface area (Å²) in [5, 5.41) is 11.6. The van der Waals surface area contributed by atoms with Crippen molar-refractivity contribution in [2.75, 3.05) is 7.11 Å². The fourth-order valence-corrected chi connectivity index (χ4v) is 5.42. The predicted octanol–water partition coefficient (Wildman–Crippen LogP) is 3.06. The number of carbonyl (C=O) groups excluding carboxylic acids is 1. The fourth-order valence-electron chi connectivity index (χ4n) is 4.35. The maximum atomic E-state index is 12.8. The van der Waals surface area contributed by atoms with Gasteiger partial charge in [0.1, 0.15) is 23.4 Å². The monoisotopic (exact) mass is 450 g/mol. The Kier molecular flexibility index (Phi) is 5.99. The van der Waals surface area contributed by atoms with E-state index in [0.717, 1.165) is 5.56 Å². The lowest BCUT2D eigenvalue weighted by Gasteiger charge is -2.48. The highest BCUT2D eigenvalue weighted by Crippen LogP contribution is 2.61. The average molecular weight is 451 g/mol. The van der Waals surface area contributed by atoms with Crippen molar-refractivity contribution >= 4 is 16.1 Å². The number of hydrogen-bond donors (Lipinski definition) is 1. The largest absolute Gasteiger partial charge is 0.466 e. The van der Waals surface area contributed by atoms with E-state index in [1.807, 2.05) is 20.8 Å². The van der Waals surface area contributed by atoms with Gasteiger partial charge in [0, 0.05) is 11.5 Å². The summed E-state index contributed by atoms with van der Waals surface area (Å²) in [6, 6.07) is 6.46. The van der Waals surface area contributed by atoms with Crippen LogP contribution in [0.25, 0.3) is 0 Å². The molecule has 2 aliphatic rings. The number of hydrogen-bond acceptors (Lipinski definition) is 7. The summed E-state index contributed by atoms with van der Waals surface area (Å²) in [6.45, 7) is 9.03. The lowest BCUT2D eigenvalue weighted by molar-refractivity contribution is -0.134.